The highest BCUT2D eigenvalue weighted by molar-refractivity contribution is 7.89. The van der Waals surface area contributed by atoms with Crippen LogP contribution in [0.25, 0.3) is 0 Å². The third-order valence-corrected chi connectivity index (χ3v) is 6.54. The first-order chi connectivity index (χ1) is 11.1. The lowest BCUT2D eigenvalue weighted by atomic mass is 10.1. The van der Waals surface area contributed by atoms with E-state index in [4.69, 9.17) is 5.14 Å². The Hall–Kier alpha value is -2.02. The molecule has 0 aliphatic carbocycles. The first-order valence-corrected chi connectivity index (χ1v) is 9.71. The van der Waals surface area contributed by atoms with Crippen LogP contribution in [0.4, 0.5) is 4.79 Å². The molecule has 0 aromatic heterocycles. The summed E-state index contributed by atoms with van der Waals surface area (Å²) in [5.74, 6) is -0.500. The molecule has 2 N–H and O–H groups in total. The second kappa shape index (κ2) is 5.51. The second-order valence-electron chi connectivity index (χ2n) is 5.31. The van der Waals surface area contributed by atoms with Crippen LogP contribution in [0, 0.1) is 0 Å². The van der Waals surface area contributed by atoms with Crippen LogP contribution in [0.2, 0.25) is 0 Å². The van der Waals surface area contributed by atoms with Gasteiger partial charge in [0.05, 0.1) is 15.8 Å². The zero-order valence-corrected chi connectivity index (χ0v) is 13.8. The minimum absolute atomic E-state index is 0.0416. The van der Waals surface area contributed by atoms with Crippen LogP contribution in [0.5, 0.6) is 0 Å². The molecular weight excluding hydrogens is 362 g/mol. The van der Waals surface area contributed by atoms with Gasteiger partial charge in [-0.15, -0.1) is 0 Å². The van der Waals surface area contributed by atoms with Gasteiger partial charge in [-0.25, -0.2) is 31.7 Å². The molecule has 2 aliphatic heterocycles. The topological polar surface area (TPSA) is 144 Å². The normalized spacial score (nSPS) is 20.1. The first-order valence-electron chi connectivity index (χ1n) is 6.72. The monoisotopic (exact) mass is 375 g/mol. The first kappa shape index (κ1) is 16.8. The molecule has 2 saturated heterocycles. The van der Waals surface area contributed by atoms with Gasteiger partial charge in [-0.1, -0.05) is 0 Å². The largest absolute Gasteiger partial charge is 0.439 e. The van der Waals surface area contributed by atoms with E-state index in [9.17, 15) is 26.4 Å². The van der Waals surface area contributed by atoms with Gasteiger partial charge in [-0.2, -0.15) is 4.31 Å². The SMILES string of the molecule is NS(=O)(=O)c1ccc(S(=O)(=O)N2CC(N3C(=O)COC3=O)C2)cc1. The second-order valence-corrected chi connectivity index (χ2v) is 8.81. The molecule has 2 heterocycles. The summed E-state index contributed by atoms with van der Waals surface area (Å²) in [7, 11) is -7.77. The average Bonchev–Trinajstić information content (AvgIpc) is 2.77. The number of hydrogen-bond acceptors (Lipinski definition) is 7. The average molecular weight is 375 g/mol. The Morgan fingerprint density at radius 3 is 2.00 bits per heavy atom. The zero-order valence-electron chi connectivity index (χ0n) is 12.2. The van der Waals surface area contributed by atoms with Gasteiger partial charge >= 0.3 is 6.09 Å². The summed E-state index contributed by atoms with van der Waals surface area (Å²) in [6.07, 6.45) is -0.778. The van der Waals surface area contributed by atoms with Gasteiger partial charge in [0.1, 0.15) is 0 Å². The summed E-state index contributed by atoms with van der Waals surface area (Å²) < 4.78 is 52.9. The van der Waals surface area contributed by atoms with Crippen molar-refractivity contribution < 1.29 is 31.2 Å². The Kier molecular flexibility index (Phi) is 3.86. The van der Waals surface area contributed by atoms with Crippen molar-refractivity contribution in [3.8, 4) is 0 Å². The number of rotatable bonds is 4. The molecule has 12 heteroatoms. The molecule has 0 radical (unpaired) electrons. The Morgan fingerprint density at radius 1 is 1.00 bits per heavy atom. The molecule has 0 bridgehead atoms. The Morgan fingerprint density at radius 2 is 1.54 bits per heavy atom. The summed E-state index contributed by atoms with van der Waals surface area (Å²) >= 11 is 0. The predicted octanol–water partition coefficient (Wildman–Crippen LogP) is -1.31. The highest BCUT2D eigenvalue weighted by Crippen LogP contribution is 2.26. The van der Waals surface area contributed by atoms with Crippen molar-refractivity contribution in [3.63, 3.8) is 0 Å². The van der Waals surface area contributed by atoms with Crippen molar-refractivity contribution in [1.29, 1.82) is 0 Å². The molecule has 0 saturated carbocycles. The number of sulfonamides is 2. The molecular formula is C12H13N3O7S2. The molecule has 1 aromatic carbocycles. The summed E-state index contributed by atoms with van der Waals surface area (Å²) in [6.45, 7) is -0.419. The van der Waals surface area contributed by atoms with Crippen LogP contribution >= 0.6 is 0 Å². The van der Waals surface area contributed by atoms with Gasteiger partial charge in [0, 0.05) is 13.1 Å². The molecule has 0 atom stereocenters. The number of benzene rings is 1. The smallest absolute Gasteiger partial charge is 0.417 e. The summed E-state index contributed by atoms with van der Waals surface area (Å²) in [5, 5.41) is 4.96. The van der Waals surface area contributed by atoms with Crippen molar-refractivity contribution >= 4 is 32.0 Å². The lowest BCUT2D eigenvalue weighted by Crippen LogP contribution is -2.62. The van der Waals surface area contributed by atoms with E-state index in [1.54, 1.807) is 0 Å². The maximum absolute atomic E-state index is 12.4. The van der Waals surface area contributed by atoms with Crippen LogP contribution in [0.1, 0.15) is 0 Å². The highest BCUT2D eigenvalue weighted by atomic mass is 32.2. The number of imide groups is 1. The fraction of sp³-hybridized carbons (Fsp3) is 0.333. The Labute approximate surface area is 137 Å². The molecule has 0 unspecified atom stereocenters. The lowest BCUT2D eigenvalue weighted by Gasteiger charge is -2.40. The van der Waals surface area contributed by atoms with Crippen molar-refractivity contribution in [2.45, 2.75) is 15.8 Å². The third kappa shape index (κ3) is 2.77. The van der Waals surface area contributed by atoms with Crippen LogP contribution in [0.15, 0.2) is 34.1 Å². The molecule has 24 heavy (non-hydrogen) atoms. The molecule has 2 amide bonds. The molecule has 10 nitrogen and oxygen atoms in total. The van der Waals surface area contributed by atoms with Crippen molar-refractivity contribution in [3.05, 3.63) is 24.3 Å². The fourth-order valence-electron chi connectivity index (χ4n) is 2.44. The van der Waals surface area contributed by atoms with E-state index in [0.29, 0.717) is 0 Å². The number of amides is 2. The number of ether oxygens (including phenoxy) is 1. The number of nitrogens with zero attached hydrogens (tertiary/aromatic N) is 2. The van der Waals surface area contributed by atoms with Gasteiger partial charge in [0.2, 0.25) is 20.0 Å². The van der Waals surface area contributed by atoms with Crippen molar-refractivity contribution in [1.82, 2.24) is 9.21 Å². The van der Waals surface area contributed by atoms with Gasteiger partial charge < -0.3 is 4.74 Å². The van der Waals surface area contributed by atoms with E-state index in [0.717, 1.165) is 33.5 Å². The van der Waals surface area contributed by atoms with Gasteiger partial charge in [0.15, 0.2) is 6.61 Å². The fourth-order valence-corrected chi connectivity index (χ4v) is 4.47. The number of nitrogens with two attached hydrogens (primary N) is 1. The number of primary sulfonamides is 1. The van der Waals surface area contributed by atoms with E-state index >= 15 is 0 Å². The van der Waals surface area contributed by atoms with Crippen LogP contribution < -0.4 is 5.14 Å². The van der Waals surface area contributed by atoms with E-state index < -0.39 is 38.1 Å². The molecule has 1 aromatic rings. The Balaban J connectivity index is 1.74. The molecule has 2 aliphatic rings. The standard InChI is InChI=1S/C12H13N3O7S2/c13-23(18,19)9-1-3-10(4-2-9)24(20,21)14-5-8(6-14)15-11(16)7-22-12(15)17/h1-4,8H,5-7H2,(H2,13,18,19). The minimum Gasteiger partial charge on any atom is -0.439 e. The summed E-state index contributed by atoms with van der Waals surface area (Å²) in [6, 6.07) is 3.91. The third-order valence-electron chi connectivity index (χ3n) is 3.77. The van der Waals surface area contributed by atoms with E-state index in [1.807, 2.05) is 0 Å². The molecule has 3 rings (SSSR count). The minimum atomic E-state index is -3.91. The Bertz CT molecular complexity index is 886. The lowest BCUT2D eigenvalue weighted by molar-refractivity contribution is -0.128. The van der Waals surface area contributed by atoms with Crippen molar-refractivity contribution in [2.75, 3.05) is 19.7 Å². The number of carbonyl (C=O) groups is 2. The van der Waals surface area contributed by atoms with Gasteiger partial charge in [-0.05, 0) is 24.3 Å². The summed E-state index contributed by atoms with van der Waals surface area (Å²) in [5.41, 5.74) is 0. The van der Waals surface area contributed by atoms with Gasteiger partial charge in [0.25, 0.3) is 5.91 Å². The number of cyclic esters (lactones) is 1. The number of carbonyl (C=O) groups excluding carboxylic acids is 2. The maximum atomic E-state index is 12.4. The molecule has 0 spiro atoms. The zero-order chi connectivity index (χ0) is 17.7. The van der Waals surface area contributed by atoms with Crippen LogP contribution in [-0.2, 0) is 29.6 Å². The van der Waals surface area contributed by atoms with Crippen molar-refractivity contribution in [2.24, 2.45) is 5.14 Å². The van der Waals surface area contributed by atoms with Crippen LogP contribution in [0.3, 0.4) is 0 Å². The van der Waals surface area contributed by atoms with E-state index in [-0.39, 0.29) is 29.5 Å². The number of hydrogen-bond donors (Lipinski definition) is 1. The summed E-state index contributed by atoms with van der Waals surface area (Å²) in [4.78, 5) is 23.5. The van der Waals surface area contributed by atoms with E-state index in [2.05, 4.69) is 4.74 Å². The van der Waals surface area contributed by atoms with Gasteiger partial charge in [-0.3, -0.25) is 4.79 Å². The molecule has 130 valence electrons. The quantitative estimate of drug-likeness (QED) is 0.687. The predicted molar refractivity (Wildman–Crippen MR) is 78.6 cm³/mol. The highest BCUT2D eigenvalue weighted by Gasteiger charge is 2.46. The van der Waals surface area contributed by atoms with Crippen LogP contribution in [-0.4, -0.2) is 63.8 Å². The maximum Gasteiger partial charge on any atom is 0.417 e. The van der Waals surface area contributed by atoms with E-state index in [1.165, 1.54) is 0 Å². The molecule has 2 fully saturated rings.